The molecule has 0 spiro atoms. The summed E-state index contributed by atoms with van der Waals surface area (Å²) in [6.07, 6.45) is 1.64. The minimum absolute atomic E-state index is 0.0160. The minimum Gasteiger partial charge on any atom is -0.497 e. The standard InChI is InChI=1S/C24H26N4O3/c1-27(19-8-4-3-5-9-19)24(30)22-16-21(25-26-22)17-11-13-28(14-12-17)23(29)18-7-6-10-20(15-18)31-2/h3-10,15-17H,11-14H2,1-2H3,(H,25,26). The lowest BCUT2D eigenvalue weighted by atomic mass is 9.93. The van der Waals surface area contributed by atoms with Crippen molar-refractivity contribution in [1.29, 1.82) is 0 Å². The Morgan fingerprint density at radius 3 is 2.52 bits per heavy atom. The molecule has 0 bridgehead atoms. The van der Waals surface area contributed by atoms with Crippen molar-refractivity contribution < 1.29 is 14.3 Å². The molecule has 1 fully saturated rings. The molecule has 160 valence electrons. The molecule has 2 aromatic carbocycles. The van der Waals surface area contributed by atoms with Crippen LogP contribution in [0.5, 0.6) is 5.75 Å². The number of nitrogens with one attached hydrogen (secondary N) is 1. The van der Waals surface area contributed by atoms with Gasteiger partial charge in [0.25, 0.3) is 11.8 Å². The number of ether oxygens (including phenoxy) is 1. The minimum atomic E-state index is -0.153. The van der Waals surface area contributed by atoms with Crippen LogP contribution in [-0.4, -0.2) is 54.2 Å². The van der Waals surface area contributed by atoms with Gasteiger partial charge in [-0.05, 0) is 49.2 Å². The third-order valence-electron chi connectivity index (χ3n) is 5.80. The van der Waals surface area contributed by atoms with E-state index < -0.39 is 0 Å². The highest BCUT2D eigenvalue weighted by atomic mass is 16.5. The molecule has 7 heteroatoms. The number of anilines is 1. The monoisotopic (exact) mass is 418 g/mol. The molecule has 1 aliphatic heterocycles. The van der Waals surface area contributed by atoms with Crippen LogP contribution in [0.3, 0.4) is 0 Å². The summed E-state index contributed by atoms with van der Waals surface area (Å²) in [5, 5.41) is 7.28. The fourth-order valence-corrected chi connectivity index (χ4v) is 3.93. The van der Waals surface area contributed by atoms with Crippen LogP contribution in [-0.2, 0) is 0 Å². The molecular weight excluding hydrogens is 392 g/mol. The second kappa shape index (κ2) is 9.04. The van der Waals surface area contributed by atoms with E-state index >= 15 is 0 Å². The number of methoxy groups -OCH3 is 1. The molecular formula is C24H26N4O3. The molecule has 2 heterocycles. The molecule has 0 unspecified atom stereocenters. The molecule has 0 saturated carbocycles. The highest BCUT2D eigenvalue weighted by Crippen LogP contribution is 2.28. The third-order valence-corrected chi connectivity index (χ3v) is 5.80. The molecule has 0 atom stereocenters. The zero-order chi connectivity index (χ0) is 21.8. The van der Waals surface area contributed by atoms with E-state index in [1.54, 1.807) is 25.1 Å². The summed E-state index contributed by atoms with van der Waals surface area (Å²) in [5.74, 6) is 0.781. The summed E-state index contributed by atoms with van der Waals surface area (Å²) in [6.45, 7) is 1.32. The number of nitrogens with zero attached hydrogens (tertiary/aromatic N) is 3. The maximum absolute atomic E-state index is 12.8. The Bertz CT molecular complexity index is 1060. The second-order valence-electron chi connectivity index (χ2n) is 7.71. The number of carbonyl (C=O) groups is 2. The number of carbonyl (C=O) groups excluding carboxylic acids is 2. The van der Waals surface area contributed by atoms with Crippen LogP contribution in [0.4, 0.5) is 5.69 Å². The number of H-pyrrole nitrogens is 1. The smallest absolute Gasteiger partial charge is 0.278 e. The normalized spacial score (nSPS) is 14.3. The van der Waals surface area contributed by atoms with Crippen LogP contribution < -0.4 is 9.64 Å². The Hall–Kier alpha value is -3.61. The van der Waals surface area contributed by atoms with Gasteiger partial charge in [-0.3, -0.25) is 14.7 Å². The van der Waals surface area contributed by atoms with E-state index in [0.717, 1.165) is 24.2 Å². The predicted molar refractivity (Wildman–Crippen MR) is 119 cm³/mol. The van der Waals surface area contributed by atoms with Gasteiger partial charge >= 0.3 is 0 Å². The number of rotatable bonds is 5. The molecule has 0 radical (unpaired) electrons. The second-order valence-corrected chi connectivity index (χ2v) is 7.71. The molecule has 1 saturated heterocycles. The first-order valence-electron chi connectivity index (χ1n) is 10.4. The fraction of sp³-hybridized carbons (Fsp3) is 0.292. The van der Waals surface area contributed by atoms with Crippen LogP contribution in [0.1, 0.15) is 45.3 Å². The van der Waals surface area contributed by atoms with E-state index in [2.05, 4.69) is 10.2 Å². The molecule has 1 N–H and O–H groups in total. The van der Waals surface area contributed by atoms with E-state index in [9.17, 15) is 9.59 Å². The summed E-state index contributed by atoms with van der Waals surface area (Å²) in [4.78, 5) is 29.1. The van der Waals surface area contributed by atoms with E-state index in [1.165, 1.54) is 0 Å². The van der Waals surface area contributed by atoms with E-state index in [1.807, 2.05) is 59.5 Å². The lowest BCUT2D eigenvalue weighted by Crippen LogP contribution is -2.38. The van der Waals surface area contributed by atoms with Crippen LogP contribution in [0.25, 0.3) is 0 Å². The van der Waals surface area contributed by atoms with Gasteiger partial charge in [-0.2, -0.15) is 5.10 Å². The predicted octanol–water partition coefficient (Wildman–Crippen LogP) is 3.71. The van der Waals surface area contributed by atoms with Crippen LogP contribution in [0.15, 0.2) is 60.7 Å². The van der Waals surface area contributed by atoms with Crippen molar-refractivity contribution in [2.75, 3.05) is 32.1 Å². The van der Waals surface area contributed by atoms with Crippen molar-refractivity contribution in [2.24, 2.45) is 0 Å². The quantitative estimate of drug-likeness (QED) is 0.685. The van der Waals surface area contributed by atoms with Gasteiger partial charge in [-0.25, -0.2) is 0 Å². The molecule has 1 aromatic heterocycles. The van der Waals surface area contributed by atoms with Crippen molar-refractivity contribution in [1.82, 2.24) is 15.1 Å². The Balaban J connectivity index is 1.38. The number of aromatic nitrogens is 2. The number of likely N-dealkylation sites (tertiary alicyclic amines) is 1. The Kier molecular flexibility index (Phi) is 6.02. The summed E-state index contributed by atoms with van der Waals surface area (Å²) < 4.78 is 5.22. The van der Waals surface area contributed by atoms with Gasteiger partial charge in [-0.1, -0.05) is 24.3 Å². The van der Waals surface area contributed by atoms with Crippen LogP contribution >= 0.6 is 0 Å². The molecule has 1 aliphatic rings. The van der Waals surface area contributed by atoms with Crippen LogP contribution in [0.2, 0.25) is 0 Å². The number of hydrogen-bond acceptors (Lipinski definition) is 4. The first kappa shape index (κ1) is 20.7. The Morgan fingerprint density at radius 2 is 1.81 bits per heavy atom. The van der Waals surface area contributed by atoms with Crippen LogP contribution in [0, 0.1) is 0 Å². The van der Waals surface area contributed by atoms with E-state index in [-0.39, 0.29) is 17.7 Å². The molecule has 3 aromatic rings. The van der Waals surface area contributed by atoms with E-state index in [0.29, 0.717) is 30.1 Å². The fourth-order valence-electron chi connectivity index (χ4n) is 3.93. The van der Waals surface area contributed by atoms with Gasteiger partial charge in [0.1, 0.15) is 5.75 Å². The van der Waals surface area contributed by atoms with Crippen molar-refractivity contribution in [3.8, 4) is 5.75 Å². The van der Waals surface area contributed by atoms with Gasteiger partial charge in [0.15, 0.2) is 5.69 Å². The van der Waals surface area contributed by atoms with Gasteiger partial charge in [0, 0.05) is 43.0 Å². The van der Waals surface area contributed by atoms with Gasteiger partial charge in [-0.15, -0.1) is 0 Å². The maximum Gasteiger partial charge on any atom is 0.278 e. The lowest BCUT2D eigenvalue weighted by Gasteiger charge is -2.31. The number of aromatic amines is 1. The van der Waals surface area contributed by atoms with E-state index in [4.69, 9.17) is 4.74 Å². The average Bonchev–Trinajstić information content (AvgIpc) is 3.33. The molecule has 31 heavy (non-hydrogen) atoms. The SMILES string of the molecule is COc1cccc(C(=O)N2CCC(c3cc(C(=O)N(C)c4ccccc4)n[nH]3)CC2)c1. The molecule has 7 nitrogen and oxygen atoms in total. The number of para-hydroxylation sites is 1. The number of amides is 2. The van der Waals surface area contributed by atoms with Gasteiger partial charge in [0.05, 0.1) is 7.11 Å². The zero-order valence-corrected chi connectivity index (χ0v) is 17.7. The number of hydrogen-bond donors (Lipinski definition) is 1. The first-order chi connectivity index (χ1) is 15.1. The Labute approximate surface area is 181 Å². The topological polar surface area (TPSA) is 78.5 Å². The Morgan fingerprint density at radius 1 is 1.06 bits per heavy atom. The van der Waals surface area contributed by atoms with Crippen molar-refractivity contribution >= 4 is 17.5 Å². The van der Waals surface area contributed by atoms with Crippen molar-refractivity contribution in [3.05, 3.63) is 77.6 Å². The maximum atomic E-state index is 12.8. The highest BCUT2D eigenvalue weighted by molar-refractivity contribution is 6.04. The zero-order valence-electron chi connectivity index (χ0n) is 17.7. The summed E-state index contributed by atoms with van der Waals surface area (Å²) in [6, 6.07) is 18.6. The number of piperidine rings is 1. The number of benzene rings is 2. The molecule has 2 amide bonds. The van der Waals surface area contributed by atoms with Crippen molar-refractivity contribution in [2.45, 2.75) is 18.8 Å². The molecule has 4 rings (SSSR count). The third kappa shape index (κ3) is 4.45. The average molecular weight is 418 g/mol. The molecule has 0 aliphatic carbocycles. The largest absolute Gasteiger partial charge is 0.497 e. The van der Waals surface area contributed by atoms with Crippen molar-refractivity contribution in [3.63, 3.8) is 0 Å². The lowest BCUT2D eigenvalue weighted by molar-refractivity contribution is 0.0711. The summed E-state index contributed by atoms with van der Waals surface area (Å²) >= 11 is 0. The summed E-state index contributed by atoms with van der Waals surface area (Å²) in [7, 11) is 3.34. The first-order valence-corrected chi connectivity index (χ1v) is 10.4. The van der Waals surface area contributed by atoms with Gasteiger partial charge < -0.3 is 14.5 Å². The summed E-state index contributed by atoms with van der Waals surface area (Å²) in [5.41, 5.74) is 2.80. The highest BCUT2D eigenvalue weighted by Gasteiger charge is 2.27. The van der Waals surface area contributed by atoms with Gasteiger partial charge in [0.2, 0.25) is 0 Å².